The van der Waals surface area contributed by atoms with Crippen molar-refractivity contribution in [3.8, 4) is 0 Å². The van der Waals surface area contributed by atoms with Crippen LogP contribution in [0, 0.1) is 0 Å². The molecule has 0 aromatic heterocycles. The molecule has 0 bridgehead atoms. The number of nitrogens with one attached hydrogen (secondary N) is 1. The molecule has 0 aromatic carbocycles. The maximum absolute atomic E-state index is 12.5. The van der Waals surface area contributed by atoms with Crippen LogP contribution >= 0.6 is 0 Å². The number of carbonyl (C=O) groups is 2. The minimum Gasteiger partial charge on any atom is -0.466 e. The van der Waals surface area contributed by atoms with Crippen LogP contribution in [0.3, 0.4) is 0 Å². The molecule has 0 aliphatic carbocycles. The Morgan fingerprint density at radius 2 is 0.607 bits per heavy atom. The van der Waals surface area contributed by atoms with Gasteiger partial charge in [-0.3, -0.25) is 9.59 Å². The molecule has 3 N–H and O–H groups in total. The number of allylic oxidation sites excluding steroid dienone is 7. The number of ether oxygens (including phenoxy) is 1. The molecule has 0 saturated carbocycles. The summed E-state index contributed by atoms with van der Waals surface area (Å²) in [5.74, 6) is -0.0562. The van der Waals surface area contributed by atoms with Gasteiger partial charge in [0.25, 0.3) is 0 Å². The maximum atomic E-state index is 12.5. The molecule has 0 rings (SSSR count). The van der Waals surface area contributed by atoms with Crippen molar-refractivity contribution >= 4 is 11.9 Å². The van der Waals surface area contributed by atoms with Gasteiger partial charge in [0.15, 0.2) is 0 Å². The number of unbranched alkanes of at least 4 members (excludes halogenated alkanes) is 54. The predicted octanol–water partition coefficient (Wildman–Crippen LogP) is 24.8. The smallest absolute Gasteiger partial charge is 0.305 e. The highest BCUT2D eigenvalue weighted by Gasteiger charge is 2.18. The fraction of sp³-hybridized carbons (Fsp3) is 0.872. The molecule has 494 valence electrons. The molecule has 84 heavy (non-hydrogen) atoms. The van der Waals surface area contributed by atoms with E-state index in [2.05, 4.69) is 55.6 Å². The van der Waals surface area contributed by atoms with Gasteiger partial charge < -0.3 is 20.3 Å². The topological polar surface area (TPSA) is 95.9 Å². The van der Waals surface area contributed by atoms with Gasteiger partial charge in [-0.05, 0) is 83.5 Å². The van der Waals surface area contributed by atoms with Crippen molar-refractivity contribution in [2.24, 2.45) is 0 Å². The van der Waals surface area contributed by atoms with Crippen LogP contribution in [-0.2, 0) is 14.3 Å². The molecule has 0 saturated heterocycles. The Kier molecular flexibility index (Phi) is 71.4. The van der Waals surface area contributed by atoms with Crippen LogP contribution in [0.5, 0.6) is 0 Å². The second-order valence-corrected chi connectivity index (χ2v) is 26.0. The van der Waals surface area contributed by atoms with Gasteiger partial charge in [0.05, 0.1) is 25.4 Å². The summed E-state index contributed by atoms with van der Waals surface area (Å²) in [4.78, 5) is 24.5. The molecule has 0 aliphatic heterocycles. The minimum atomic E-state index is -0.844. The molecule has 1 amide bonds. The van der Waals surface area contributed by atoms with Crippen molar-refractivity contribution in [2.75, 3.05) is 13.2 Å². The summed E-state index contributed by atoms with van der Waals surface area (Å²) < 4.78 is 5.47. The van der Waals surface area contributed by atoms with Gasteiger partial charge in [-0.15, -0.1) is 0 Å². The van der Waals surface area contributed by atoms with Crippen LogP contribution in [0.2, 0.25) is 0 Å². The van der Waals surface area contributed by atoms with E-state index in [1.54, 1.807) is 6.08 Å². The maximum Gasteiger partial charge on any atom is 0.305 e. The second kappa shape index (κ2) is 73.3. The number of carbonyl (C=O) groups excluding carboxylic acids is 2. The number of aliphatic hydroxyl groups excluding tert-OH is 2. The summed E-state index contributed by atoms with van der Waals surface area (Å²) in [6.45, 7) is 4.90. The highest BCUT2D eigenvalue weighted by atomic mass is 16.5. The largest absolute Gasteiger partial charge is 0.466 e. The molecule has 0 spiro atoms. The van der Waals surface area contributed by atoms with E-state index in [0.29, 0.717) is 19.4 Å². The van der Waals surface area contributed by atoms with E-state index in [4.69, 9.17) is 4.74 Å². The highest BCUT2D eigenvalue weighted by molar-refractivity contribution is 5.76. The molecule has 0 radical (unpaired) electrons. The van der Waals surface area contributed by atoms with Crippen molar-refractivity contribution in [1.82, 2.24) is 5.32 Å². The van der Waals surface area contributed by atoms with Crippen LogP contribution in [0.15, 0.2) is 48.6 Å². The number of esters is 1. The lowest BCUT2D eigenvalue weighted by Crippen LogP contribution is -2.45. The summed E-state index contributed by atoms with van der Waals surface area (Å²) in [5.41, 5.74) is 0. The Hall–Kier alpha value is -2.18. The van der Waals surface area contributed by atoms with Gasteiger partial charge in [-0.25, -0.2) is 0 Å². The standard InChI is InChI=1S/C78H147NO5/c1-3-5-7-9-11-13-15-16-17-18-19-35-38-41-44-47-51-54-58-62-66-70-76(81)75(74-80)79-77(82)71-67-63-59-55-52-48-45-42-39-36-33-31-29-27-25-23-21-20-22-24-26-28-30-32-34-37-40-43-46-49-53-57-61-65-69-73-84-78(83)72-68-64-60-56-50-14-12-10-8-6-4-2/h10,12,22,24,28,30,66,70,75-76,80-81H,3-9,11,13-21,23,25-27,29,31-65,67-69,71-74H2,1-2H3,(H,79,82)/b12-10-,24-22-,30-28-,70-66+. The Bertz CT molecular complexity index is 1400. The SMILES string of the molecule is CCCC/C=C\CCCCCCCC(=O)OCCCCCCCCCCCCC/C=C\C/C=C\CCCCCCCCCCCCCCCCCCCC(=O)NC(CO)C(O)/C=C/CCCCCCCCCCCCCCCCCCCCC. The van der Waals surface area contributed by atoms with E-state index in [0.717, 1.165) is 51.4 Å². The third kappa shape index (κ3) is 68.9. The molecular weight excluding hydrogens is 1030 g/mol. The lowest BCUT2D eigenvalue weighted by Gasteiger charge is -2.20. The first kappa shape index (κ1) is 81.8. The van der Waals surface area contributed by atoms with Gasteiger partial charge in [0.2, 0.25) is 5.91 Å². The lowest BCUT2D eigenvalue weighted by molar-refractivity contribution is -0.143. The number of amides is 1. The first-order valence-corrected chi connectivity index (χ1v) is 37.9. The van der Waals surface area contributed by atoms with Crippen LogP contribution < -0.4 is 5.32 Å². The van der Waals surface area contributed by atoms with Gasteiger partial charge in [-0.2, -0.15) is 0 Å². The van der Waals surface area contributed by atoms with E-state index in [1.165, 1.54) is 334 Å². The zero-order valence-electron chi connectivity index (χ0n) is 56.6. The van der Waals surface area contributed by atoms with Crippen molar-refractivity contribution in [1.29, 1.82) is 0 Å². The van der Waals surface area contributed by atoms with Crippen molar-refractivity contribution in [3.63, 3.8) is 0 Å². The monoisotopic (exact) mass is 1180 g/mol. The van der Waals surface area contributed by atoms with Crippen molar-refractivity contribution in [3.05, 3.63) is 48.6 Å². The quantitative estimate of drug-likeness (QED) is 0.0320. The van der Waals surface area contributed by atoms with Gasteiger partial charge in [0, 0.05) is 12.8 Å². The Morgan fingerprint density at radius 1 is 0.333 bits per heavy atom. The van der Waals surface area contributed by atoms with Crippen molar-refractivity contribution < 1.29 is 24.5 Å². The zero-order chi connectivity index (χ0) is 60.6. The molecule has 6 heteroatoms. The number of hydrogen-bond donors (Lipinski definition) is 3. The lowest BCUT2D eigenvalue weighted by atomic mass is 10.0. The summed E-state index contributed by atoms with van der Waals surface area (Å²) in [6, 6.07) is -0.628. The number of rotatable bonds is 71. The van der Waals surface area contributed by atoms with Crippen LogP contribution in [0.25, 0.3) is 0 Å². The normalized spacial score (nSPS) is 12.8. The number of hydrogen-bond acceptors (Lipinski definition) is 5. The fourth-order valence-corrected chi connectivity index (χ4v) is 11.8. The van der Waals surface area contributed by atoms with Gasteiger partial charge in [0.1, 0.15) is 0 Å². The fourth-order valence-electron chi connectivity index (χ4n) is 11.8. The first-order valence-electron chi connectivity index (χ1n) is 37.9. The Morgan fingerprint density at radius 3 is 0.952 bits per heavy atom. The van der Waals surface area contributed by atoms with Crippen LogP contribution in [0.1, 0.15) is 412 Å². The summed E-state index contributed by atoms with van der Waals surface area (Å²) in [6.07, 6.45) is 96.5. The molecule has 0 aliphatic rings. The van der Waals surface area contributed by atoms with Gasteiger partial charge >= 0.3 is 5.97 Å². The van der Waals surface area contributed by atoms with Crippen LogP contribution in [-0.4, -0.2) is 47.4 Å². The highest BCUT2D eigenvalue weighted by Crippen LogP contribution is 2.19. The molecule has 2 unspecified atom stereocenters. The first-order chi connectivity index (χ1) is 41.5. The van der Waals surface area contributed by atoms with E-state index < -0.39 is 12.1 Å². The van der Waals surface area contributed by atoms with E-state index in [1.807, 2.05) is 6.08 Å². The third-order valence-corrected chi connectivity index (χ3v) is 17.6. The Balaban J connectivity index is 3.40. The summed E-state index contributed by atoms with van der Waals surface area (Å²) >= 11 is 0. The van der Waals surface area contributed by atoms with E-state index in [9.17, 15) is 19.8 Å². The van der Waals surface area contributed by atoms with Crippen molar-refractivity contribution in [2.45, 2.75) is 424 Å². The average molecular weight is 1180 g/mol. The number of aliphatic hydroxyl groups is 2. The van der Waals surface area contributed by atoms with E-state index >= 15 is 0 Å². The minimum absolute atomic E-state index is 0.00558. The average Bonchev–Trinajstić information content (AvgIpc) is 3.51. The third-order valence-electron chi connectivity index (χ3n) is 17.6. The molecule has 0 aromatic rings. The zero-order valence-corrected chi connectivity index (χ0v) is 56.6. The summed E-state index contributed by atoms with van der Waals surface area (Å²) in [5, 5.41) is 23.3. The molecular formula is C78H147NO5. The van der Waals surface area contributed by atoms with Gasteiger partial charge in [-0.1, -0.05) is 364 Å². The molecule has 0 fully saturated rings. The second-order valence-electron chi connectivity index (χ2n) is 26.0. The van der Waals surface area contributed by atoms with Crippen LogP contribution in [0.4, 0.5) is 0 Å². The molecule has 2 atom stereocenters. The molecule has 6 nitrogen and oxygen atoms in total. The Labute approximate surface area is 525 Å². The summed E-state index contributed by atoms with van der Waals surface area (Å²) in [7, 11) is 0. The predicted molar refractivity (Wildman–Crippen MR) is 370 cm³/mol. The van der Waals surface area contributed by atoms with E-state index in [-0.39, 0.29) is 18.5 Å². The molecule has 0 heterocycles.